The zero-order chi connectivity index (χ0) is 23.3. The van der Waals surface area contributed by atoms with E-state index in [4.69, 9.17) is 5.73 Å². The lowest BCUT2D eigenvalue weighted by Crippen LogP contribution is -2.50. The van der Waals surface area contributed by atoms with Gasteiger partial charge in [0, 0.05) is 12.8 Å². The largest absolute Gasteiger partial charge is 0.422 e. The van der Waals surface area contributed by atoms with Gasteiger partial charge in [0.15, 0.2) is 0 Å². The van der Waals surface area contributed by atoms with Gasteiger partial charge < -0.3 is 40.7 Å². The minimum atomic E-state index is -5.64. The second-order valence-electron chi connectivity index (χ2n) is 7.19. The van der Waals surface area contributed by atoms with Crippen molar-refractivity contribution in [1.82, 2.24) is 10.6 Å². The molecule has 1 fully saturated rings. The lowest BCUT2D eigenvalue weighted by atomic mass is 10.1. The van der Waals surface area contributed by atoms with E-state index in [0.29, 0.717) is 18.5 Å². The van der Waals surface area contributed by atoms with E-state index in [1.807, 2.05) is 0 Å². The van der Waals surface area contributed by atoms with Gasteiger partial charge >= 0.3 is 21.2 Å². The smallest absolute Gasteiger partial charge is 0.388 e. The molecule has 1 aromatic rings. The number of nitrogens with one attached hydrogen (secondary N) is 2. The first-order valence-corrected chi connectivity index (χ1v) is 12.7. The fourth-order valence-electron chi connectivity index (χ4n) is 3.13. The molecule has 1 aliphatic rings. The third-order valence-electron chi connectivity index (χ3n) is 4.87. The average molecular weight is 479 g/mol. The molecule has 0 radical (unpaired) electrons. The van der Waals surface area contributed by atoms with Crippen LogP contribution in [-0.2, 0) is 29.7 Å². The normalized spacial score (nSPS) is 21.5. The van der Waals surface area contributed by atoms with Gasteiger partial charge in [-0.05, 0) is 31.5 Å². The Hall–Kier alpha value is -1.62. The summed E-state index contributed by atoms with van der Waals surface area (Å²) >= 11 is 0. The van der Waals surface area contributed by atoms with Crippen molar-refractivity contribution in [3.63, 3.8) is 0 Å². The maximum Gasteiger partial charge on any atom is 0.422 e. The average Bonchev–Trinajstić information content (AvgIpc) is 3.22. The molecule has 2 rings (SSSR count). The molecule has 0 aromatic heterocycles. The highest BCUT2D eigenvalue weighted by atomic mass is 31.2. The van der Waals surface area contributed by atoms with Crippen LogP contribution in [0.2, 0.25) is 0 Å². The number of carbonyl (C=O) groups is 2. The summed E-state index contributed by atoms with van der Waals surface area (Å²) in [7, 11) is -11.3. The molecule has 0 bridgehead atoms. The highest BCUT2D eigenvalue weighted by Crippen LogP contribution is 2.71. The van der Waals surface area contributed by atoms with E-state index in [9.17, 15) is 38.5 Å². The number of hydrogen-bond donors (Lipinski definition) is 7. The van der Waals surface area contributed by atoms with Crippen molar-refractivity contribution in [2.45, 2.75) is 42.9 Å². The van der Waals surface area contributed by atoms with E-state index in [1.54, 1.807) is 30.3 Å². The Bertz CT molecular complexity index is 873. The van der Waals surface area contributed by atoms with Crippen molar-refractivity contribution < 1.29 is 43.0 Å². The SMILES string of the molecule is NCCC(O)(P(=O)(O)O)P(=O)(O)OC(=O)[C@H](Cc1ccccc1)NC(=O)[C@@H]1CCCN1. The Kier molecular flexibility index (Phi) is 8.54. The van der Waals surface area contributed by atoms with Crippen LogP contribution in [0.3, 0.4) is 0 Å². The number of hydrogen-bond acceptors (Lipinski definition) is 8. The molecule has 8 N–H and O–H groups in total. The van der Waals surface area contributed by atoms with Crippen molar-refractivity contribution in [3.8, 4) is 0 Å². The van der Waals surface area contributed by atoms with Crippen LogP contribution in [-0.4, -0.2) is 61.9 Å². The van der Waals surface area contributed by atoms with E-state index < -0.39 is 57.2 Å². The number of benzene rings is 1. The van der Waals surface area contributed by atoms with Crippen molar-refractivity contribution in [2.24, 2.45) is 5.73 Å². The van der Waals surface area contributed by atoms with Crippen LogP contribution in [0.1, 0.15) is 24.8 Å². The van der Waals surface area contributed by atoms with E-state index in [2.05, 4.69) is 15.2 Å². The Morgan fingerprint density at radius 3 is 2.42 bits per heavy atom. The lowest BCUT2D eigenvalue weighted by Gasteiger charge is -2.32. The predicted octanol–water partition coefficient (Wildman–Crippen LogP) is -0.633. The first-order chi connectivity index (χ1) is 14.4. The molecule has 4 atom stereocenters. The molecule has 1 heterocycles. The van der Waals surface area contributed by atoms with Gasteiger partial charge in [0.1, 0.15) is 6.04 Å². The zero-order valence-corrected chi connectivity index (χ0v) is 18.4. The second-order valence-corrected chi connectivity index (χ2v) is 11.3. The fourth-order valence-corrected chi connectivity index (χ4v) is 5.92. The van der Waals surface area contributed by atoms with E-state index >= 15 is 0 Å². The molecule has 1 aliphatic heterocycles. The summed E-state index contributed by atoms with van der Waals surface area (Å²) in [5, 5.41) is 12.0. The Balaban J connectivity index is 2.27. The van der Waals surface area contributed by atoms with Crippen molar-refractivity contribution >= 4 is 27.1 Å². The van der Waals surface area contributed by atoms with Gasteiger partial charge in [0.25, 0.3) is 5.08 Å². The summed E-state index contributed by atoms with van der Waals surface area (Å²) in [6.07, 6.45) is 0.168. The molecule has 12 nitrogen and oxygen atoms in total. The van der Waals surface area contributed by atoms with Gasteiger partial charge in [0.05, 0.1) is 6.04 Å². The van der Waals surface area contributed by atoms with Gasteiger partial charge in [-0.25, -0.2) is 9.36 Å². The molecule has 1 amide bonds. The topological polar surface area (TPSA) is 209 Å². The molecule has 2 unspecified atom stereocenters. The molecule has 14 heteroatoms. The standard InChI is InChI=1S/C17H27N3O9P2/c18-9-8-17(23,30(24,25)26)31(27,28)29-16(22)14(11-12-5-2-1-3-6-12)20-15(21)13-7-4-10-19-13/h1-3,5-6,13-14,19,23H,4,7-11,18H2,(H,20,21)(H,27,28)(H2,24,25,26)/t13-,14-,17?/m0/s1. The monoisotopic (exact) mass is 479 g/mol. The van der Waals surface area contributed by atoms with E-state index in [0.717, 1.165) is 6.42 Å². The number of nitrogens with two attached hydrogens (primary N) is 1. The minimum Gasteiger partial charge on any atom is -0.388 e. The van der Waals surface area contributed by atoms with Crippen LogP contribution in [0.4, 0.5) is 0 Å². The Morgan fingerprint density at radius 1 is 1.26 bits per heavy atom. The summed E-state index contributed by atoms with van der Waals surface area (Å²) in [4.78, 5) is 54.1. The summed E-state index contributed by atoms with van der Waals surface area (Å²) in [5.74, 6) is -1.96. The molecule has 0 saturated carbocycles. The third-order valence-corrected chi connectivity index (χ3v) is 9.13. The van der Waals surface area contributed by atoms with E-state index in [1.165, 1.54) is 0 Å². The molecule has 1 saturated heterocycles. The quantitative estimate of drug-likeness (QED) is 0.210. The second kappa shape index (κ2) is 10.3. The molecular weight excluding hydrogens is 452 g/mol. The summed E-state index contributed by atoms with van der Waals surface area (Å²) in [6, 6.07) is 6.39. The minimum absolute atomic E-state index is 0.122. The number of amides is 1. The Labute approximate surface area is 178 Å². The summed E-state index contributed by atoms with van der Waals surface area (Å²) < 4.78 is 28.8. The van der Waals surface area contributed by atoms with Gasteiger partial charge in [-0.1, -0.05) is 30.3 Å². The van der Waals surface area contributed by atoms with Crippen LogP contribution >= 0.6 is 15.2 Å². The molecule has 0 spiro atoms. The van der Waals surface area contributed by atoms with Crippen LogP contribution in [0.15, 0.2) is 30.3 Å². The first kappa shape index (κ1) is 25.6. The number of aliphatic hydroxyl groups is 1. The van der Waals surface area contributed by atoms with Crippen LogP contribution < -0.4 is 16.4 Å². The first-order valence-electron chi connectivity index (χ1n) is 9.53. The van der Waals surface area contributed by atoms with Crippen molar-refractivity contribution in [1.29, 1.82) is 0 Å². The molecule has 31 heavy (non-hydrogen) atoms. The molecule has 174 valence electrons. The third kappa shape index (κ3) is 6.21. The molecular formula is C17H27N3O9P2. The highest BCUT2D eigenvalue weighted by molar-refractivity contribution is 7.72. The number of rotatable bonds is 10. The van der Waals surface area contributed by atoms with E-state index in [-0.39, 0.29) is 6.42 Å². The van der Waals surface area contributed by atoms with Gasteiger partial charge in [0.2, 0.25) is 5.91 Å². The highest BCUT2D eigenvalue weighted by Gasteiger charge is 2.62. The fraction of sp³-hybridized carbons (Fsp3) is 0.529. The van der Waals surface area contributed by atoms with Crippen molar-refractivity contribution in [3.05, 3.63) is 35.9 Å². The van der Waals surface area contributed by atoms with Gasteiger partial charge in [-0.3, -0.25) is 9.36 Å². The van der Waals surface area contributed by atoms with Gasteiger partial charge in [-0.15, -0.1) is 0 Å². The maximum atomic E-state index is 12.7. The van der Waals surface area contributed by atoms with Crippen LogP contribution in [0.5, 0.6) is 0 Å². The Morgan fingerprint density at radius 2 is 1.90 bits per heavy atom. The van der Waals surface area contributed by atoms with Crippen LogP contribution in [0, 0.1) is 0 Å². The van der Waals surface area contributed by atoms with Crippen molar-refractivity contribution in [2.75, 3.05) is 13.1 Å². The molecule has 0 aliphatic carbocycles. The summed E-state index contributed by atoms with van der Waals surface area (Å²) in [6.45, 7) is 0.0490. The molecule has 1 aromatic carbocycles. The summed E-state index contributed by atoms with van der Waals surface area (Å²) in [5.41, 5.74) is 5.78. The number of carbonyl (C=O) groups excluding carboxylic acids is 2. The van der Waals surface area contributed by atoms with Gasteiger partial charge in [-0.2, -0.15) is 0 Å². The zero-order valence-electron chi connectivity index (χ0n) is 16.6. The predicted molar refractivity (Wildman–Crippen MR) is 110 cm³/mol. The lowest BCUT2D eigenvalue weighted by molar-refractivity contribution is -0.140. The maximum absolute atomic E-state index is 12.7. The van der Waals surface area contributed by atoms with Crippen LogP contribution in [0.25, 0.3) is 0 Å².